The molecule has 1 N–H and O–H groups in total. The summed E-state index contributed by atoms with van der Waals surface area (Å²) in [7, 11) is 1.78. The van der Waals surface area contributed by atoms with Gasteiger partial charge in [0.1, 0.15) is 0 Å². The van der Waals surface area contributed by atoms with Crippen molar-refractivity contribution in [3.63, 3.8) is 0 Å². The molecular formula is C21H23N5OS. The molecule has 0 spiro atoms. The minimum atomic E-state index is -0.136. The van der Waals surface area contributed by atoms with Crippen LogP contribution >= 0.6 is 11.8 Å². The molecule has 1 amide bonds. The van der Waals surface area contributed by atoms with Gasteiger partial charge < -0.3 is 5.32 Å². The van der Waals surface area contributed by atoms with E-state index in [0.717, 1.165) is 10.6 Å². The van der Waals surface area contributed by atoms with E-state index in [1.54, 1.807) is 11.7 Å². The number of amides is 1. The third-order valence-electron chi connectivity index (χ3n) is 5.16. The van der Waals surface area contributed by atoms with Gasteiger partial charge in [-0.1, -0.05) is 43.5 Å². The molecule has 1 aromatic heterocycles. The van der Waals surface area contributed by atoms with Crippen LogP contribution in [0.2, 0.25) is 0 Å². The molecule has 2 aromatic carbocycles. The number of rotatable bonds is 5. The van der Waals surface area contributed by atoms with Crippen LogP contribution in [-0.4, -0.2) is 26.1 Å². The number of hydrogen-bond acceptors (Lipinski definition) is 5. The Hall–Kier alpha value is -2.67. The van der Waals surface area contributed by atoms with E-state index in [1.165, 1.54) is 49.4 Å². The average molecular weight is 394 g/mol. The molecular weight excluding hydrogens is 370 g/mol. The normalized spacial score (nSPS) is 14.8. The summed E-state index contributed by atoms with van der Waals surface area (Å²) in [5, 5.41) is 15.1. The lowest BCUT2D eigenvalue weighted by Gasteiger charge is -2.22. The highest BCUT2D eigenvalue weighted by Crippen LogP contribution is 2.33. The van der Waals surface area contributed by atoms with Crippen molar-refractivity contribution >= 4 is 23.4 Å². The lowest BCUT2D eigenvalue weighted by molar-refractivity contribution is 0.102. The lowest BCUT2D eigenvalue weighted by atomic mass is 9.84. The Labute approximate surface area is 168 Å². The van der Waals surface area contributed by atoms with E-state index in [9.17, 15) is 4.79 Å². The molecule has 0 unspecified atom stereocenters. The molecule has 28 heavy (non-hydrogen) atoms. The fourth-order valence-electron chi connectivity index (χ4n) is 3.62. The van der Waals surface area contributed by atoms with Gasteiger partial charge in [0.2, 0.25) is 5.16 Å². The Kier molecular flexibility index (Phi) is 5.71. The van der Waals surface area contributed by atoms with Crippen molar-refractivity contribution in [2.45, 2.75) is 48.1 Å². The standard InChI is InChI=1S/C21H23N5OS/c1-26-21(23-24-25-26)28-19-10-6-5-9-18(19)20(27)22-17-13-11-16(12-14-17)15-7-3-2-4-8-15/h5-6,9-15H,2-4,7-8H2,1H3,(H,22,27). The van der Waals surface area contributed by atoms with Crippen molar-refractivity contribution in [2.75, 3.05) is 5.32 Å². The summed E-state index contributed by atoms with van der Waals surface area (Å²) in [6.45, 7) is 0. The number of tetrazole rings is 1. The first-order chi connectivity index (χ1) is 13.7. The predicted octanol–water partition coefficient (Wildman–Crippen LogP) is 4.66. The fourth-order valence-corrected chi connectivity index (χ4v) is 4.48. The minimum absolute atomic E-state index is 0.136. The minimum Gasteiger partial charge on any atom is -0.322 e. The van der Waals surface area contributed by atoms with Crippen molar-refractivity contribution in [1.82, 2.24) is 20.2 Å². The second-order valence-electron chi connectivity index (χ2n) is 7.09. The zero-order valence-corrected chi connectivity index (χ0v) is 16.7. The SMILES string of the molecule is Cn1nnnc1Sc1ccccc1C(=O)Nc1ccc(C2CCCCC2)cc1. The number of aromatic nitrogens is 4. The maximum Gasteiger partial charge on any atom is 0.256 e. The van der Waals surface area contributed by atoms with Crippen molar-refractivity contribution in [2.24, 2.45) is 7.05 Å². The number of nitrogens with zero attached hydrogens (tertiary/aromatic N) is 4. The Morgan fingerprint density at radius 3 is 2.54 bits per heavy atom. The molecule has 0 atom stereocenters. The van der Waals surface area contributed by atoms with Gasteiger partial charge in [-0.3, -0.25) is 4.79 Å². The van der Waals surface area contributed by atoms with Crippen molar-refractivity contribution in [1.29, 1.82) is 0 Å². The number of carbonyl (C=O) groups is 1. The van der Waals surface area contributed by atoms with Crippen molar-refractivity contribution in [3.05, 3.63) is 59.7 Å². The van der Waals surface area contributed by atoms with E-state index < -0.39 is 0 Å². The van der Waals surface area contributed by atoms with E-state index in [-0.39, 0.29) is 5.91 Å². The smallest absolute Gasteiger partial charge is 0.256 e. The van der Waals surface area contributed by atoms with Crippen LogP contribution in [0.4, 0.5) is 5.69 Å². The van der Waals surface area contributed by atoms with Gasteiger partial charge in [0, 0.05) is 17.6 Å². The van der Waals surface area contributed by atoms with Crippen LogP contribution in [0, 0.1) is 0 Å². The molecule has 0 saturated heterocycles. The Bertz CT molecular complexity index is 947. The maximum atomic E-state index is 12.9. The van der Waals surface area contributed by atoms with E-state index in [0.29, 0.717) is 16.6 Å². The largest absolute Gasteiger partial charge is 0.322 e. The van der Waals surface area contributed by atoms with Crippen molar-refractivity contribution in [3.8, 4) is 0 Å². The molecule has 1 aliphatic carbocycles. The molecule has 0 bridgehead atoms. The molecule has 6 nitrogen and oxygen atoms in total. The van der Waals surface area contributed by atoms with Gasteiger partial charge in [0.05, 0.1) is 5.56 Å². The average Bonchev–Trinajstić information content (AvgIpc) is 3.14. The van der Waals surface area contributed by atoms with Crippen LogP contribution in [0.5, 0.6) is 0 Å². The molecule has 7 heteroatoms. The number of nitrogens with one attached hydrogen (secondary N) is 1. The molecule has 1 fully saturated rings. The van der Waals surface area contributed by atoms with Crippen LogP contribution in [0.3, 0.4) is 0 Å². The number of benzene rings is 2. The summed E-state index contributed by atoms with van der Waals surface area (Å²) < 4.78 is 1.59. The fraction of sp³-hybridized carbons (Fsp3) is 0.333. The van der Waals surface area contributed by atoms with E-state index in [4.69, 9.17) is 0 Å². The van der Waals surface area contributed by atoms with E-state index in [2.05, 4.69) is 33.0 Å². The molecule has 144 valence electrons. The van der Waals surface area contributed by atoms with Gasteiger partial charge in [-0.2, -0.15) is 0 Å². The zero-order chi connectivity index (χ0) is 19.3. The molecule has 1 heterocycles. The first-order valence-electron chi connectivity index (χ1n) is 9.61. The van der Waals surface area contributed by atoms with Crippen LogP contribution < -0.4 is 5.32 Å². The molecule has 1 saturated carbocycles. The maximum absolute atomic E-state index is 12.9. The summed E-state index contributed by atoms with van der Waals surface area (Å²) in [6.07, 6.45) is 6.53. The Balaban J connectivity index is 1.47. The van der Waals surface area contributed by atoms with Crippen LogP contribution in [0.25, 0.3) is 0 Å². The van der Waals surface area contributed by atoms with Gasteiger partial charge in [0.25, 0.3) is 5.91 Å². The lowest BCUT2D eigenvalue weighted by Crippen LogP contribution is -2.13. The summed E-state index contributed by atoms with van der Waals surface area (Å²) >= 11 is 1.37. The summed E-state index contributed by atoms with van der Waals surface area (Å²) in [4.78, 5) is 13.7. The van der Waals surface area contributed by atoms with Crippen LogP contribution in [0.15, 0.2) is 58.6 Å². The molecule has 0 aliphatic heterocycles. The second kappa shape index (κ2) is 8.56. The highest BCUT2D eigenvalue weighted by molar-refractivity contribution is 7.99. The Morgan fingerprint density at radius 2 is 1.82 bits per heavy atom. The van der Waals surface area contributed by atoms with Crippen molar-refractivity contribution < 1.29 is 4.79 Å². The summed E-state index contributed by atoms with van der Waals surface area (Å²) in [5.74, 6) is 0.527. The zero-order valence-electron chi connectivity index (χ0n) is 15.8. The van der Waals surface area contributed by atoms with Gasteiger partial charge in [0.15, 0.2) is 0 Å². The number of anilines is 1. The van der Waals surface area contributed by atoms with E-state index >= 15 is 0 Å². The van der Waals surface area contributed by atoms with Gasteiger partial charge in [-0.25, -0.2) is 4.68 Å². The molecule has 0 radical (unpaired) electrons. The number of hydrogen-bond donors (Lipinski definition) is 1. The van der Waals surface area contributed by atoms with Gasteiger partial charge in [-0.05, 0) is 70.8 Å². The predicted molar refractivity (Wildman–Crippen MR) is 110 cm³/mol. The highest BCUT2D eigenvalue weighted by Gasteiger charge is 2.17. The number of aryl methyl sites for hydroxylation is 1. The van der Waals surface area contributed by atoms with Crippen LogP contribution in [-0.2, 0) is 7.05 Å². The molecule has 3 aromatic rings. The monoisotopic (exact) mass is 393 g/mol. The Morgan fingerprint density at radius 1 is 1.07 bits per heavy atom. The molecule has 1 aliphatic rings. The summed E-state index contributed by atoms with van der Waals surface area (Å²) in [5.41, 5.74) is 2.79. The van der Waals surface area contributed by atoms with Crippen LogP contribution in [0.1, 0.15) is 53.9 Å². The summed E-state index contributed by atoms with van der Waals surface area (Å²) in [6, 6.07) is 15.8. The third-order valence-corrected chi connectivity index (χ3v) is 6.26. The second-order valence-corrected chi connectivity index (χ2v) is 8.10. The first kappa shape index (κ1) is 18.7. The quantitative estimate of drug-likeness (QED) is 0.682. The third kappa shape index (κ3) is 4.25. The first-order valence-corrected chi connectivity index (χ1v) is 10.4. The highest BCUT2D eigenvalue weighted by atomic mass is 32.2. The molecule has 4 rings (SSSR count). The topological polar surface area (TPSA) is 72.7 Å². The van der Waals surface area contributed by atoms with E-state index in [1.807, 2.05) is 36.4 Å². The number of carbonyl (C=O) groups excluding carboxylic acids is 1. The van der Waals surface area contributed by atoms with Gasteiger partial charge in [-0.15, -0.1) is 5.10 Å². The van der Waals surface area contributed by atoms with Gasteiger partial charge >= 0.3 is 0 Å².